The third-order valence-electron chi connectivity index (χ3n) is 3.19. The zero-order valence-electron chi connectivity index (χ0n) is 13.2. The Kier molecular flexibility index (Phi) is 5.64. The summed E-state index contributed by atoms with van der Waals surface area (Å²) in [7, 11) is 0. The van der Waals surface area contributed by atoms with Gasteiger partial charge in [-0.1, -0.05) is 13.8 Å². The number of nitrogens with one attached hydrogen (secondary N) is 2. The number of ether oxygens (including phenoxy) is 1. The van der Waals surface area contributed by atoms with E-state index in [9.17, 15) is 14.9 Å². The number of anilines is 1. The monoisotopic (exact) mass is 320 g/mol. The van der Waals surface area contributed by atoms with Gasteiger partial charge in [-0.2, -0.15) is 0 Å². The molecule has 0 aliphatic carbocycles. The number of aromatic nitrogens is 2. The molecule has 2 aromatic rings. The molecule has 0 atom stereocenters. The van der Waals surface area contributed by atoms with Crippen LogP contribution in [0.15, 0.2) is 23.3 Å². The highest BCUT2D eigenvalue weighted by Crippen LogP contribution is 2.27. The smallest absolute Gasteiger partial charge is 0.293 e. The first-order valence-corrected chi connectivity index (χ1v) is 7.46. The van der Waals surface area contributed by atoms with E-state index >= 15 is 0 Å². The molecule has 0 saturated carbocycles. The van der Waals surface area contributed by atoms with E-state index in [4.69, 9.17) is 4.74 Å². The molecule has 2 rings (SSSR count). The van der Waals surface area contributed by atoms with Crippen molar-refractivity contribution in [3.05, 3.63) is 38.9 Å². The molecule has 1 aromatic heterocycles. The van der Waals surface area contributed by atoms with Gasteiger partial charge >= 0.3 is 0 Å². The van der Waals surface area contributed by atoms with Crippen LogP contribution in [0, 0.1) is 16.0 Å². The molecule has 0 aliphatic rings. The highest BCUT2D eigenvalue weighted by atomic mass is 16.6. The summed E-state index contributed by atoms with van der Waals surface area (Å²) in [5.41, 5.74) is 0.230. The zero-order chi connectivity index (χ0) is 16.8. The molecule has 8 nitrogen and oxygen atoms in total. The molecule has 0 spiro atoms. The number of nitrogens with zero attached hydrogens (tertiary/aromatic N) is 2. The second kappa shape index (κ2) is 7.68. The molecule has 0 amide bonds. The van der Waals surface area contributed by atoms with Crippen molar-refractivity contribution in [1.29, 1.82) is 0 Å². The maximum absolute atomic E-state index is 11.7. The Bertz CT molecular complexity index is 742. The summed E-state index contributed by atoms with van der Waals surface area (Å²) in [6.45, 7) is 5.97. The fourth-order valence-corrected chi connectivity index (χ4v) is 2.11. The number of nitro groups is 1. The molecule has 0 bridgehead atoms. The largest absolute Gasteiger partial charge is 0.381 e. The maximum Gasteiger partial charge on any atom is 0.293 e. The number of fused-ring (bicyclic) bond motifs is 1. The predicted molar refractivity (Wildman–Crippen MR) is 87.8 cm³/mol. The van der Waals surface area contributed by atoms with Crippen LogP contribution in [0.4, 0.5) is 11.4 Å². The van der Waals surface area contributed by atoms with Crippen LogP contribution >= 0.6 is 0 Å². The normalized spacial score (nSPS) is 11.1. The Morgan fingerprint density at radius 2 is 2.22 bits per heavy atom. The summed E-state index contributed by atoms with van der Waals surface area (Å²) in [6.07, 6.45) is 2.00. The van der Waals surface area contributed by atoms with Crippen molar-refractivity contribution in [1.82, 2.24) is 9.97 Å². The number of rotatable bonds is 8. The van der Waals surface area contributed by atoms with E-state index < -0.39 is 10.5 Å². The van der Waals surface area contributed by atoms with E-state index in [0.29, 0.717) is 36.9 Å². The SMILES string of the molecule is CC(C)COCCCNc1cc2nc[nH]c(=O)c2cc1[N+](=O)[O-]. The molecule has 0 unspecified atom stereocenters. The van der Waals surface area contributed by atoms with Gasteiger partial charge in [0, 0.05) is 25.8 Å². The molecule has 1 aromatic carbocycles. The van der Waals surface area contributed by atoms with Crippen molar-refractivity contribution in [3.8, 4) is 0 Å². The number of hydrogen-bond acceptors (Lipinski definition) is 6. The molecule has 0 radical (unpaired) electrons. The van der Waals surface area contributed by atoms with Crippen LogP contribution < -0.4 is 10.9 Å². The number of H-pyrrole nitrogens is 1. The zero-order valence-corrected chi connectivity index (χ0v) is 13.2. The number of aromatic amines is 1. The van der Waals surface area contributed by atoms with Crippen LogP contribution in [0.5, 0.6) is 0 Å². The van der Waals surface area contributed by atoms with Gasteiger partial charge in [0.15, 0.2) is 0 Å². The van der Waals surface area contributed by atoms with Crippen molar-refractivity contribution in [2.24, 2.45) is 5.92 Å². The number of nitro benzene ring substituents is 1. The first kappa shape index (κ1) is 16.9. The van der Waals surface area contributed by atoms with E-state index in [1.165, 1.54) is 18.5 Å². The van der Waals surface area contributed by atoms with Gasteiger partial charge < -0.3 is 15.0 Å². The molecule has 0 aliphatic heterocycles. The fraction of sp³-hybridized carbons (Fsp3) is 0.467. The van der Waals surface area contributed by atoms with Crippen LogP contribution in [0.1, 0.15) is 20.3 Å². The Labute approximate surface area is 133 Å². The second-order valence-electron chi connectivity index (χ2n) is 5.62. The van der Waals surface area contributed by atoms with Gasteiger partial charge in [0.25, 0.3) is 11.2 Å². The lowest BCUT2D eigenvalue weighted by molar-refractivity contribution is -0.383. The van der Waals surface area contributed by atoms with Gasteiger partial charge in [-0.15, -0.1) is 0 Å². The van der Waals surface area contributed by atoms with Crippen LogP contribution in [0.25, 0.3) is 10.9 Å². The molecular formula is C15H20N4O4. The van der Waals surface area contributed by atoms with Crippen molar-refractivity contribution < 1.29 is 9.66 Å². The molecule has 0 saturated heterocycles. The lowest BCUT2D eigenvalue weighted by Crippen LogP contribution is -2.11. The summed E-state index contributed by atoms with van der Waals surface area (Å²) in [5, 5.41) is 14.4. The van der Waals surface area contributed by atoms with Crippen molar-refractivity contribution in [2.75, 3.05) is 25.1 Å². The highest BCUT2D eigenvalue weighted by Gasteiger charge is 2.16. The van der Waals surface area contributed by atoms with E-state index in [2.05, 4.69) is 29.1 Å². The van der Waals surface area contributed by atoms with Crippen LogP contribution in [-0.2, 0) is 4.74 Å². The van der Waals surface area contributed by atoms with Crippen molar-refractivity contribution in [2.45, 2.75) is 20.3 Å². The van der Waals surface area contributed by atoms with Gasteiger partial charge in [0.2, 0.25) is 0 Å². The summed E-state index contributed by atoms with van der Waals surface area (Å²) < 4.78 is 5.46. The van der Waals surface area contributed by atoms with Gasteiger partial charge in [-0.05, 0) is 18.4 Å². The molecular weight excluding hydrogens is 300 g/mol. The minimum absolute atomic E-state index is 0.140. The quantitative estimate of drug-likeness (QED) is 0.439. The lowest BCUT2D eigenvalue weighted by atomic mass is 10.2. The summed E-state index contributed by atoms with van der Waals surface area (Å²) in [4.78, 5) is 28.8. The molecule has 0 fully saturated rings. The van der Waals surface area contributed by atoms with Gasteiger partial charge in [0.05, 0.1) is 22.2 Å². The highest BCUT2D eigenvalue weighted by molar-refractivity contribution is 5.86. The Morgan fingerprint density at radius 3 is 2.91 bits per heavy atom. The Morgan fingerprint density at radius 1 is 1.43 bits per heavy atom. The average Bonchev–Trinajstić information content (AvgIpc) is 2.50. The molecule has 2 N–H and O–H groups in total. The van der Waals surface area contributed by atoms with E-state index in [1.807, 2.05) is 0 Å². The van der Waals surface area contributed by atoms with E-state index in [0.717, 1.165) is 6.42 Å². The maximum atomic E-state index is 11.7. The van der Waals surface area contributed by atoms with E-state index in [1.54, 1.807) is 0 Å². The minimum atomic E-state index is -0.510. The lowest BCUT2D eigenvalue weighted by Gasteiger charge is -2.09. The molecule has 23 heavy (non-hydrogen) atoms. The third-order valence-corrected chi connectivity index (χ3v) is 3.19. The topological polar surface area (TPSA) is 110 Å². The fourth-order valence-electron chi connectivity index (χ4n) is 2.11. The predicted octanol–water partition coefficient (Wildman–Crippen LogP) is 2.31. The molecule has 8 heteroatoms. The van der Waals surface area contributed by atoms with Gasteiger partial charge in [-0.3, -0.25) is 14.9 Å². The molecule has 1 heterocycles. The first-order chi connectivity index (χ1) is 11.0. The van der Waals surface area contributed by atoms with Crippen molar-refractivity contribution in [3.63, 3.8) is 0 Å². The van der Waals surface area contributed by atoms with Crippen LogP contribution in [0.2, 0.25) is 0 Å². The summed E-state index contributed by atoms with van der Waals surface area (Å²) in [6, 6.07) is 2.77. The molecule has 124 valence electrons. The second-order valence-corrected chi connectivity index (χ2v) is 5.62. The third kappa shape index (κ3) is 4.49. The van der Waals surface area contributed by atoms with Gasteiger partial charge in [0.1, 0.15) is 5.69 Å². The van der Waals surface area contributed by atoms with Crippen LogP contribution in [-0.4, -0.2) is 34.6 Å². The summed E-state index contributed by atoms with van der Waals surface area (Å²) >= 11 is 0. The van der Waals surface area contributed by atoms with E-state index in [-0.39, 0.29) is 11.1 Å². The average molecular weight is 320 g/mol. The summed E-state index contributed by atoms with van der Waals surface area (Å²) in [5.74, 6) is 0.480. The Hall–Kier alpha value is -2.48. The minimum Gasteiger partial charge on any atom is -0.381 e. The standard InChI is InChI=1S/C15H20N4O4/c1-10(2)8-23-5-3-4-16-13-7-12-11(6-14(13)19(21)22)15(20)18-9-17-12/h6-7,9-10,16H,3-5,8H2,1-2H3,(H,17,18,20). The number of benzene rings is 1. The van der Waals surface area contributed by atoms with Gasteiger partial charge in [-0.25, -0.2) is 4.98 Å². The number of hydrogen-bond donors (Lipinski definition) is 2. The first-order valence-electron chi connectivity index (χ1n) is 7.46. The van der Waals surface area contributed by atoms with Crippen LogP contribution in [0.3, 0.4) is 0 Å². The Balaban J connectivity index is 2.08. The van der Waals surface area contributed by atoms with Crippen molar-refractivity contribution >= 4 is 22.3 Å².